The molecule has 2 rings (SSSR count). The van der Waals surface area contributed by atoms with E-state index in [9.17, 15) is 0 Å². The number of rotatable bonds is 2. The van der Waals surface area contributed by atoms with Crippen molar-refractivity contribution in [2.45, 2.75) is 25.9 Å². The van der Waals surface area contributed by atoms with Crippen LogP contribution in [0.25, 0.3) is 0 Å². The quantitative estimate of drug-likeness (QED) is 0.768. The van der Waals surface area contributed by atoms with E-state index in [0.717, 1.165) is 31.7 Å². The Labute approximate surface area is 82.6 Å². The summed E-state index contributed by atoms with van der Waals surface area (Å²) >= 11 is 1.74. The Kier molecular flexibility index (Phi) is 2.62. The molecule has 0 saturated carbocycles. The van der Waals surface area contributed by atoms with E-state index in [1.165, 1.54) is 5.01 Å². The highest BCUT2D eigenvalue weighted by molar-refractivity contribution is 7.09. The summed E-state index contributed by atoms with van der Waals surface area (Å²) in [6, 6.07) is 0.376. The zero-order chi connectivity index (χ0) is 9.26. The van der Waals surface area contributed by atoms with E-state index in [2.05, 4.69) is 15.3 Å². The Morgan fingerprint density at radius 3 is 3.15 bits per heavy atom. The monoisotopic (exact) mass is 197 g/mol. The van der Waals surface area contributed by atoms with Gasteiger partial charge in [-0.25, -0.2) is 4.98 Å². The van der Waals surface area contributed by atoms with Gasteiger partial charge in [-0.05, 0) is 13.3 Å². The van der Waals surface area contributed by atoms with Gasteiger partial charge in [0.15, 0.2) is 0 Å². The topological polar surface area (TPSA) is 42.1 Å². The SMILES string of the molecule is Cc1csc(CN2CC[C@@H](N)C2)n1. The normalized spacial score (nSPS) is 24.0. The van der Waals surface area contributed by atoms with E-state index in [0.29, 0.717) is 6.04 Å². The fourth-order valence-corrected chi connectivity index (χ4v) is 2.49. The molecule has 1 aliphatic rings. The smallest absolute Gasteiger partial charge is 0.107 e. The first-order valence-electron chi connectivity index (χ1n) is 4.63. The number of nitrogens with zero attached hydrogens (tertiary/aromatic N) is 2. The highest BCUT2D eigenvalue weighted by Crippen LogP contribution is 2.15. The molecule has 0 amide bonds. The minimum absolute atomic E-state index is 0.376. The van der Waals surface area contributed by atoms with Crippen molar-refractivity contribution >= 4 is 11.3 Å². The van der Waals surface area contributed by atoms with Crippen LogP contribution >= 0.6 is 11.3 Å². The molecule has 2 N–H and O–H groups in total. The maximum absolute atomic E-state index is 5.83. The van der Waals surface area contributed by atoms with Gasteiger partial charge >= 0.3 is 0 Å². The van der Waals surface area contributed by atoms with Crippen LogP contribution in [0, 0.1) is 6.92 Å². The van der Waals surface area contributed by atoms with Gasteiger partial charge in [0.05, 0.1) is 6.54 Å². The second kappa shape index (κ2) is 3.74. The molecule has 1 saturated heterocycles. The van der Waals surface area contributed by atoms with Gasteiger partial charge in [-0.3, -0.25) is 4.90 Å². The van der Waals surface area contributed by atoms with E-state index >= 15 is 0 Å². The molecule has 2 heterocycles. The van der Waals surface area contributed by atoms with Crippen molar-refractivity contribution in [3.05, 3.63) is 16.1 Å². The Balaban J connectivity index is 1.91. The first kappa shape index (κ1) is 9.12. The van der Waals surface area contributed by atoms with Crippen LogP contribution in [-0.2, 0) is 6.54 Å². The first-order valence-corrected chi connectivity index (χ1v) is 5.51. The lowest BCUT2D eigenvalue weighted by Gasteiger charge is -2.12. The number of thiazole rings is 1. The molecular formula is C9H15N3S. The van der Waals surface area contributed by atoms with E-state index in [4.69, 9.17) is 5.73 Å². The molecule has 0 aliphatic carbocycles. The van der Waals surface area contributed by atoms with Crippen LogP contribution in [0.3, 0.4) is 0 Å². The second-order valence-electron chi connectivity index (χ2n) is 3.67. The molecule has 0 bridgehead atoms. The van der Waals surface area contributed by atoms with Crippen LogP contribution < -0.4 is 5.73 Å². The predicted octanol–water partition coefficient (Wildman–Crippen LogP) is 0.985. The molecule has 0 spiro atoms. The maximum Gasteiger partial charge on any atom is 0.107 e. The van der Waals surface area contributed by atoms with Crippen molar-refractivity contribution in [3.63, 3.8) is 0 Å². The van der Waals surface area contributed by atoms with Crippen LogP contribution in [0.15, 0.2) is 5.38 Å². The van der Waals surface area contributed by atoms with Crippen LogP contribution in [0.1, 0.15) is 17.1 Å². The average Bonchev–Trinajstić information content (AvgIpc) is 2.62. The summed E-state index contributed by atoms with van der Waals surface area (Å²) in [7, 11) is 0. The fraction of sp³-hybridized carbons (Fsp3) is 0.667. The molecule has 1 aromatic rings. The van der Waals surface area contributed by atoms with Gasteiger partial charge in [-0.1, -0.05) is 0 Å². The molecule has 1 aliphatic heterocycles. The standard InChI is InChI=1S/C9H15N3S/c1-7-6-13-9(11-7)5-12-3-2-8(10)4-12/h6,8H,2-5,10H2,1H3/t8-/m1/s1. The van der Waals surface area contributed by atoms with Gasteiger partial charge in [-0.15, -0.1) is 11.3 Å². The number of aromatic nitrogens is 1. The Hall–Kier alpha value is -0.450. The Bertz CT molecular complexity index is 284. The number of hydrogen-bond acceptors (Lipinski definition) is 4. The summed E-state index contributed by atoms with van der Waals surface area (Å²) in [5.74, 6) is 0. The third-order valence-corrected chi connectivity index (χ3v) is 3.29. The van der Waals surface area contributed by atoms with Gasteiger partial charge in [0.1, 0.15) is 5.01 Å². The number of likely N-dealkylation sites (tertiary alicyclic amines) is 1. The Morgan fingerprint density at radius 2 is 2.62 bits per heavy atom. The third-order valence-electron chi connectivity index (χ3n) is 2.33. The van der Waals surface area contributed by atoms with Crippen LogP contribution in [0.2, 0.25) is 0 Å². The molecule has 72 valence electrons. The van der Waals surface area contributed by atoms with Gasteiger partial charge < -0.3 is 5.73 Å². The molecule has 1 atom stereocenters. The fourth-order valence-electron chi connectivity index (χ4n) is 1.67. The molecule has 13 heavy (non-hydrogen) atoms. The van der Waals surface area contributed by atoms with Crippen LogP contribution in [0.4, 0.5) is 0 Å². The molecule has 4 heteroatoms. The zero-order valence-corrected chi connectivity index (χ0v) is 8.68. The minimum atomic E-state index is 0.376. The van der Waals surface area contributed by atoms with E-state index in [1.54, 1.807) is 11.3 Å². The number of nitrogens with two attached hydrogens (primary N) is 1. The predicted molar refractivity (Wildman–Crippen MR) is 54.7 cm³/mol. The highest BCUT2D eigenvalue weighted by Gasteiger charge is 2.19. The maximum atomic E-state index is 5.83. The average molecular weight is 197 g/mol. The summed E-state index contributed by atoms with van der Waals surface area (Å²) in [5.41, 5.74) is 6.95. The molecule has 0 unspecified atom stereocenters. The summed E-state index contributed by atoms with van der Waals surface area (Å²) in [5, 5.41) is 3.32. The summed E-state index contributed by atoms with van der Waals surface area (Å²) in [6.07, 6.45) is 1.13. The number of aryl methyl sites for hydroxylation is 1. The first-order chi connectivity index (χ1) is 6.24. The second-order valence-corrected chi connectivity index (χ2v) is 4.61. The third kappa shape index (κ3) is 2.27. The Morgan fingerprint density at radius 1 is 1.77 bits per heavy atom. The largest absolute Gasteiger partial charge is 0.326 e. The van der Waals surface area contributed by atoms with Gasteiger partial charge in [-0.2, -0.15) is 0 Å². The summed E-state index contributed by atoms with van der Waals surface area (Å²) < 4.78 is 0. The van der Waals surface area contributed by atoms with Gasteiger partial charge in [0.25, 0.3) is 0 Å². The minimum Gasteiger partial charge on any atom is -0.326 e. The lowest BCUT2D eigenvalue weighted by molar-refractivity contribution is 0.326. The molecule has 1 aromatic heterocycles. The van der Waals surface area contributed by atoms with Crippen molar-refractivity contribution in [1.29, 1.82) is 0 Å². The van der Waals surface area contributed by atoms with Crippen molar-refractivity contribution in [3.8, 4) is 0 Å². The summed E-state index contributed by atoms with van der Waals surface area (Å²) in [6.45, 7) is 5.17. The molecule has 0 radical (unpaired) electrons. The van der Waals surface area contributed by atoms with Crippen LogP contribution in [-0.4, -0.2) is 29.0 Å². The zero-order valence-electron chi connectivity index (χ0n) is 7.86. The highest BCUT2D eigenvalue weighted by atomic mass is 32.1. The van der Waals surface area contributed by atoms with E-state index < -0.39 is 0 Å². The van der Waals surface area contributed by atoms with Crippen molar-refractivity contribution in [2.75, 3.05) is 13.1 Å². The molecule has 3 nitrogen and oxygen atoms in total. The van der Waals surface area contributed by atoms with Gasteiger partial charge in [0.2, 0.25) is 0 Å². The van der Waals surface area contributed by atoms with Gasteiger partial charge in [0, 0.05) is 30.2 Å². The van der Waals surface area contributed by atoms with E-state index in [-0.39, 0.29) is 0 Å². The number of hydrogen-bond donors (Lipinski definition) is 1. The van der Waals surface area contributed by atoms with Crippen molar-refractivity contribution in [2.24, 2.45) is 5.73 Å². The summed E-state index contributed by atoms with van der Waals surface area (Å²) in [4.78, 5) is 6.81. The van der Waals surface area contributed by atoms with Crippen LogP contribution in [0.5, 0.6) is 0 Å². The van der Waals surface area contributed by atoms with E-state index in [1.807, 2.05) is 6.92 Å². The lowest BCUT2D eigenvalue weighted by atomic mass is 10.3. The lowest BCUT2D eigenvalue weighted by Crippen LogP contribution is -2.26. The molecule has 0 aromatic carbocycles. The molecule has 1 fully saturated rings. The molecular weight excluding hydrogens is 182 g/mol. The van der Waals surface area contributed by atoms with Crippen molar-refractivity contribution in [1.82, 2.24) is 9.88 Å². The van der Waals surface area contributed by atoms with Crippen molar-refractivity contribution < 1.29 is 0 Å².